The van der Waals surface area contributed by atoms with Crippen LogP contribution in [0, 0.1) is 0 Å². The molecule has 1 N–H and O–H groups in total. The average Bonchev–Trinajstić information content (AvgIpc) is 2.93. The van der Waals surface area contributed by atoms with Crippen LogP contribution in [0.4, 0.5) is 4.79 Å². The summed E-state index contributed by atoms with van der Waals surface area (Å²) in [4.78, 5) is 17.5. The second-order valence-electron chi connectivity index (χ2n) is 4.18. The zero-order chi connectivity index (χ0) is 13.1. The molecular formula is C14H13N3O2. The van der Waals surface area contributed by atoms with E-state index in [0.29, 0.717) is 6.67 Å². The van der Waals surface area contributed by atoms with Gasteiger partial charge in [-0.3, -0.25) is 9.89 Å². The first-order valence-corrected chi connectivity index (χ1v) is 6.01. The van der Waals surface area contributed by atoms with Crippen molar-refractivity contribution >= 4 is 11.8 Å². The Labute approximate surface area is 110 Å². The third kappa shape index (κ3) is 2.49. The lowest BCUT2D eigenvalue weighted by Gasteiger charge is -2.18. The molecular weight excluding hydrogens is 242 g/mol. The lowest BCUT2D eigenvalue weighted by atomic mass is 10.2. The Balaban J connectivity index is 1.61. The van der Waals surface area contributed by atoms with E-state index in [2.05, 4.69) is 10.3 Å². The molecule has 1 aromatic rings. The fourth-order valence-corrected chi connectivity index (χ4v) is 1.88. The summed E-state index contributed by atoms with van der Waals surface area (Å²) in [6.45, 7) is 0.819. The van der Waals surface area contributed by atoms with Gasteiger partial charge in [0.25, 0.3) is 0 Å². The van der Waals surface area contributed by atoms with Crippen LogP contribution >= 0.6 is 0 Å². The number of ether oxygens (including phenoxy) is 1. The largest absolute Gasteiger partial charge is 0.444 e. The molecule has 5 heteroatoms. The van der Waals surface area contributed by atoms with Gasteiger partial charge in [0, 0.05) is 12.4 Å². The van der Waals surface area contributed by atoms with E-state index >= 15 is 0 Å². The van der Waals surface area contributed by atoms with Crippen molar-refractivity contribution in [1.29, 1.82) is 0 Å². The summed E-state index contributed by atoms with van der Waals surface area (Å²) in [7, 11) is 0. The van der Waals surface area contributed by atoms with Crippen LogP contribution in [-0.4, -0.2) is 23.4 Å². The number of amides is 1. The van der Waals surface area contributed by atoms with Gasteiger partial charge in [-0.1, -0.05) is 30.3 Å². The van der Waals surface area contributed by atoms with E-state index < -0.39 is 6.09 Å². The summed E-state index contributed by atoms with van der Waals surface area (Å²) in [5.74, 6) is 0. The second kappa shape index (κ2) is 4.97. The molecule has 0 saturated heterocycles. The molecule has 0 fully saturated rings. The number of rotatable bonds is 2. The van der Waals surface area contributed by atoms with E-state index in [1.54, 1.807) is 18.5 Å². The molecule has 0 spiro atoms. The highest BCUT2D eigenvalue weighted by atomic mass is 16.6. The lowest BCUT2D eigenvalue weighted by Crippen LogP contribution is -2.27. The molecule has 2 aliphatic rings. The van der Waals surface area contributed by atoms with Crippen molar-refractivity contribution in [3.05, 3.63) is 60.1 Å². The van der Waals surface area contributed by atoms with E-state index in [4.69, 9.17) is 4.74 Å². The van der Waals surface area contributed by atoms with Crippen LogP contribution in [-0.2, 0) is 11.3 Å². The number of benzene rings is 1. The van der Waals surface area contributed by atoms with Crippen LogP contribution in [0.1, 0.15) is 5.56 Å². The Bertz CT molecular complexity index is 576. The van der Waals surface area contributed by atoms with Crippen LogP contribution < -0.4 is 5.32 Å². The van der Waals surface area contributed by atoms with Crippen molar-refractivity contribution < 1.29 is 9.53 Å². The first kappa shape index (κ1) is 11.5. The van der Waals surface area contributed by atoms with Gasteiger partial charge in [-0.15, -0.1) is 0 Å². The summed E-state index contributed by atoms with van der Waals surface area (Å²) >= 11 is 0. The first-order chi connectivity index (χ1) is 9.33. The van der Waals surface area contributed by atoms with Gasteiger partial charge in [0.1, 0.15) is 13.3 Å². The van der Waals surface area contributed by atoms with Gasteiger partial charge in [-0.05, 0) is 11.6 Å². The lowest BCUT2D eigenvalue weighted by molar-refractivity contribution is 0.121. The molecule has 0 aromatic heterocycles. The molecule has 1 aromatic carbocycles. The number of carbonyl (C=O) groups excluding carboxylic acids is 1. The van der Waals surface area contributed by atoms with Crippen molar-refractivity contribution in [2.45, 2.75) is 6.61 Å². The number of nitrogens with one attached hydrogen (secondary N) is 1. The smallest absolute Gasteiger partial charge is 0.418 e. The number of hydrogen-bond donors (Lipinski definition) is 1. The maximum Gasteiger partial charge on any atom is 0.418 e. The standard InChI is InChI=1S/C14H13N3O2/c18-14(19-9-11-4-2-1-3-5-11)17-7-6-12-13(8-17)16-10-15-12/h1-8,16H,9-10H2. The van der Waals surface area contributed by atoms with Gasteiger partial charge in [-0.2, -0.15) is 0 Å². The Morgan fingerprint density at radius 3 is 3.05 bits per heavy atom. The predicted molar refractivity (Wildman–Crippen MR) is 71.1 cm³/mol. The Morgan fingerprint density at radius 2 is 2.21 bits per heavy atom. The number of carbonyl (C=O) groups is 1. The molecule has 1 amide bonds. The van der Waals surface area contributed by atoms with Crippen LogP contribution in [0.15, 0.2) is 59.5 Å². The van der Waals surface area contributed by atoms with Crippen molar-refractivity contribution in [3.63, 3.8) is 0 Å². The molecule has 3 rings (SSSR count). The minimum Gasteiger partial charge on any atom is -0.444 e. The average molecular weight is 255 g/mol. The molecule has 5 nitrogen and oxygen atoms in total. The van der Waals surface area contributed by atoms with Crippen LogP contribution in [0.25, 0.3) is 0 Å². The number of hydrogen-bond acceptors (Lipinski definition) is 4. The molecule has 0 atom stereocenters. The fraction of sp³-hybridized carbons (Fsp3) is 0.143. The van der Waals surface area contributed by atoms with Gasteiger partial charge in [0.15, 0.2) is 0 Å². The molecule has 96 valence electrons. The van der Waals surface area contributed by atoms with Crippen LogP contribution in [0.2, 0.25) is 0 Å². The summed E-state index contributed by atoms with van der Waals surface area (Å²) in [5, 5.41) is 3.07. The third-order valence-corrected chi connectivity index (χ3v) is 2.87. The summed E-state index contributed by atoms with van der Waals surface area (Å²) in [6.07, 6.45) is 4.74. The normalized spacial score (nSPS) is 16.3. The molecule has 0 saturated carbocycles. The molecule has 0 radical (unpaired) electrons. The van der Waals surface area contributed by atoms with E-state index in [1.807, 2.05) is 30.3 Å². The Hall–Kier alpha value is -2.56. The summed E-state index contributed by atoms with van der Waals surface area (Å²) in [5.41, 5.74) is 2.68. The minimum absolute atomic E-state index is 0.265. The highest BCUT2D eigenvalue weighted by Gasteiger charge is 2.19. The van der Waals surface area contributed by atoms with E-state index in [-0.39, 0.29) is 6.61 Å². The quantitative estimate of drug-likeness (QED) is 0.879. The minimum atomic E-state index is -0.402. The molecule has 19 heavy (non-hydrogen) atoms. The van der Waals surface area contributed by atoms with Gasteiger partial charge >= 0.3 is 6.09 Å². The zero-order valence-corrected chi connectivity index (χ0v) is 10.2. The maximum absolute atomic E-state index is 11.9. The van der Waals surface area contributed by atoms with Crippen LogP contribution in [0.3, 0.4) is 0 Å². The number of allylic oxidation sites excluding steroid dienone is 1. The van der Waals surface area contributed by atoms with E-state index in [1.165, 1.54) is 4.90 Å². The molecule has 2 aliphatic heterocycles. The highest BCUT2D eigenvalue weighted by molar-refractivity contribution is 6.10. The predicted octanol–water partition coefficient (Wildman–Crippen LogP) is 2.00. The topological polar surface area (TPSA) is 53.9 Å². The van der Waals surface area contributed by atoms with Crippen molar-refractivity contribution in [3.8, 4) is 0 Å². The van der Waals surface area contributed by atoms with Crippen molar-refractivity contribution in [2.24, 2.45) is 4.99 Å². The second-order valence-corrected chi connectivity index (χ2v) is 4.18. The van der Waals surface area contributed by atoms with Crippen molar-refractivity contribution in [2.75, 3.05) is 6.67 Å². The summed E-state index contributed by atoms with van der Waals surface area (Å²) < 4.78 is 5.24. The molecule has 0 unspecified atom stereocenters. The van der Waals surface area contributed by atoms with E-state index in [9.17, 15) is 4.79 Å². The number of aliphatic imine (C=N–C) groups is 1. The third-order valence-electron chi connectivity index (χ3n) is 2.87. The van der Waals surface area contributed by atoms with Crippen molar-refractivity contribution in [1.82, 2.24) is 10.2 Å². The van der Waals surface area contributed by atoms with Gasteiger partial charge in [0.05, 0.1) is 11.4 Å². The Kier molecular flexibility index (Phi) is 3.02. The maximum atomic E-state index is 11.9. The fourth-order valence-electron chi connectivity index (χ4n) is 1.88. The highest BCUT2D eigenvalue weighted by Crippen LogP contribution is 2.13. The molecule has 0 bridgehead atoms. The number of fused-ring (bicyclic) bond motifs is 1. The number of nitrogens with zero attached hydrogens (tertiary/aromatic N) is 2. The zero-order valence-electron chi connectivity index (χ0n) is 10.2. The van der Waals surface area contributed by atoms with Crippen LogP contribution in [0.5, 0.6) is 0 Å². The first-order valence-electron chi connectivity index (χ1n) is 6.01. The summed E-state index contributed by atoms with van der Waals surface area (Å²) in [6, 6.07) is 9.59. The van der Waals surface area contributed by atoms with Gasteiger partial charge < -0.3 is 10.1 Å². The molecule has 2 heterocycles. The van der Waals surface area contributed by atoms with Gasteiger partial charge in [0.2, 0.25) is 0 Å². The van der Waals surface area contributed by atoms with Gasteiger partial charge in [-0.25, -0.2) is 4.79 Å². The Morgan fingerprint density at radius 1 is 1.37 bits per heavy atom. The van der Waals surface area contributed by atoms with E-state index in [0.717, 1.165) is 17.0 Å². The SMILES string of the molecule is O=C(OCc1ccccc1)N1C=CC2=NCNC2=C1. The molecule has 0 aliphatic carbocycles. The monoisotopic (exact) mass is 255 g/mol.